The van der Waals surface area contributed by atoms with Crippen LogP contribution in [0.3, 0.4) is 0 Å². The number of aliphatic imine (C=N–C) groups is 1. The summed E-state index contributed by atoms with van der Waals surface area (Å²) in [4.78, 5) is 19.4. The van der Waals surface area contributed by atoms with E-state index in [1.165, 1.54) is 0 Å². The number of halogens is 1. The molecule has 1 fully saturated rings. The average Bonchev–Trinajstić information content (AvgIpc) is 2.66. The number of hydrogen-bond acceptors (Lipinski definition) is 5. The third-order valence-corrected chi connectivity index (χ3v) is 4.25. The molecule has 124 valence electrons. The van der Waals surface area contributed by atoms with Crippen LogP contribution in [0.4, 0.5) is 11.4 Å². The van der Waals surface area contributed by atoms with E-state index >= 15 is 0 Å². The lowest BCUT2D eigenvalue weighted by molar-refractivity contribution is -0.530. The van der Waals surface area contributed by atoms with Gasteiger partial charge in [0.1, 0.15) is 29.3 Å². The van der Waals surface area contributed by atoms with Gasteiger partial charge in [-0.1, -0.05) is 11.6 Å². The largest absolute Gasteiger partial charge is 0.492 e. The highest BCUT2D eigenvalue weighted by molar-refractivity contribution is 6.66. The maximum Gasteiger partial charge on any atom is 0.321 e. The standard InChI is InChI=1S/C15H20ClN4O3/c1-11-15(16)17-13-3-2-12(10-14(13)20(21)18-11)23-9-6-19-4-7-22-8-5-19/h2-3,10-11H,4-9H2,1H3,(H,18,21)/q+1. The van der Waals surface area contributed by atoms with Crippen molar-refractivity contribution in [3.05, 3.63) is 23.1 Å². The molecule has 0 aromatic heterocycles. The van der Waals surface area contributed by atoms with Crippen molar-refractivity contribution in [3.63, 3.8) is 0 Å². The summed E-state index contributed by atoms with van der Waals surface area (Å²) in [5.41, 5.74) is 3.65. The Hall–Kier alpha value is -1.70. The molecule has 1 atom stereocenters. The van der Waals surface area contributed by atoms with E-state index in [-0.39, 0.29) is 6.04 Å². The molecule has 1 N–H and O–H groups in total. The predicted molar refractivity (Wildman–Crippen MR) is 88.0 cm³/mol. The molecule has 1 aromatic carbocycles. The monoisotopic (exact) mass is 339 g/mol. The Morgan fingerprint density at radius 3 is 3.04 bits per heavy atom. The lowest BCUT2D eigenvalue weighted by atomic mass is 10.2. The highest BCUT2D eigenvalue weighted by Gasteiger charge is 2.28. The fraction of sp³-hybridized carbons (Fsp3) is 0.533. The Morgan fingerprint density at radius 2 is 2.26 bits per heavy atom. The maximum absolute atomic E-state index is 12.1. The molecule has 1 unspecified atom stereocenters. The minimum atomic E-state index is -0.327. The fourth-order valence-corrected chi connectivity index (χ4v) is 2.62. The van der Waals surface area contributed by atoms with Crippen LogP contribution in [0.5, 0.6) is 5.75 Å². The molecule has 2 aliphatic heterocycles. The van der Waals surface area contributed by atoms with Crippen molar-refractivity contribution in [2.75, 3.05) is 39.5 Å². The van der Waals surface area contributed by atoms with Gasteiger partial charge < -0.3 is 9.47 Å². The topological polar surface area (TPSA) is 66.2 Å². The smallest absolute Gasteiger partial charge is 0.321 e. The van der Waals surface area contributed by atoms with Crippen LogP contribution in [-0.4, -0.2) is 60.4 Å². The summed E-state index contributed by atoms with van der Waals surface area (Å²) >= 11 is 6.05. The van der Waals surface area contributed by atoms with Crippen LogP contribution in [0.15, 0.2) is 23.2 Å². The van der Waals surface area contributed by atoms with Crippen LogP contribution in [0, 0.1) is 4.91 Å². The highest BCUT2D eigenvalue weighted by Crippen LogP contribution is 2.33. The van der Waals surface area contributed by atoms with Gasteiger partial charge in [-0.25, -0.2) is 4.99 Å². The van der Waals surface area contributed by atoms with Crippen LogP contribution in [0.1, 0.15) is 6.92 Å². The van der Waals surface area contributed by atoms with E-state index < -0.39 is 0 Å². The van der Waals surface area contributed by atoms with E-state index in [1.54, 1.807) is 25.1 Å². The van der Waals surface area contributed by atoms with Gasteiger partial charge in [0.25, 0.3) is 0 Å². The summed E-state index contributed by atoms with van der Waals surface area (Å²) in [5, 5.41) is 0.352. The molecule has 7 nitrogen and oxygen atoms in total. The number of ether oxygens (including phenoxy) is 2. The minimum Gasteiger partial charge on any atom is -0.492 e. The SMILES string of the molecule is CC1N[N+](=O)c2cc(OCCN3CCOCC3)ccc2N=C1Cl. The van der Waals surface area contributed by atoms with Gasteiger partial charge in [0, 0.05) is 19.6 Å². The molecular formula is C15H20ClN4O3+. The molecule has 0 saturated carbocycles. The number of morpholine rings is 1. The van der Waals surface area contributed by atoms with E-state index in [0.717, 1.165) is 32.8 Å². The minimum absolute atomic E-state index is 0.327. The highest BCUT2D eigenvalue weighted by atomic mass is 35.5. The molecular weight excluding hydrogens is 320 g/mol. The molecule has 8 heteroatoms. The molecule has 23 heavy (non-hydrogen) atoms. The molecule has 0 spiro atoms. The van der Waals surface area contributed by atoms with E-state index in [2.05, 4.69) is 15.3 Å². The third kappa shape index (κ3) is 3.99. The van der Waals surface area contributed by atoms with Crippen LogP contribution in [-0.2, 0) is 4.74 Å². The summed E-state index contributed by atoms with van der Waals surface area (Å²) in [7, 11) is 0. The zero-order valence-electron chi connectivity index (χ0n) is 13.0. The van der Waals surface area contributed by atoms with Crippen molar-refractivity contribution >= 4 is 28.1 Å². The first-order valence-corrected chi connectivity index (χ1v) is 8.06. The average molecular weight is 340 g/mol. The van der Waals surface area contributed by atoms with Crippen LogP contribution in [0.2, 0.25) is 0 Å². The van der Waals surface area contributed by atoms with Crippen molar-refractivity contribution in [2.24, 2.45) is 4.99 Å². The Bertz CT molecular complexity index is 617. The lowest BCUT2D eigenvalue weighted by Crippen LogP contribution is -2.38. The van der Waals surface area contributed by atoms with Crippen molar-refractivity contribution in [2.45, 2.75) is 13.0 Å². The van der Waals surface area contributed by atoms with Crippen molar-refractivity contribution in [3.8, 4) is 5.75 Å². The number of hydrazine groups is 1. The normalized spacial score (nSPS) is 21.9. The predicted octanol–water partition coefficient (Wildman–Crippen LogP) is 1.98. The summed E-state index contributed by atoms with van der Waals surface area (Å²) in [6, 6.07) is 4.90. The number of benzene rings is 1. The summed E-state index contributed by atoms with van der Waals surface area (Å²) in [6.45, 7) is 6.57. The van der Waals surface area contributed by atoms with Crippen molar-refractivity contribution in [1.29, 1.82) is 0 Å². The number of rotatable bonds is 4. The van der Waals surface area contributed by atoms with Gasteiger partial charge in [-0.05, 0) is 19.1 Å². The molecule has 0 radical (unpaired) electrons. The first-order chi connectivity index (χ1) is 11.1. The molecule has 2 aliphatic rings. The Labute approximate surface area is 139 Å². The van der Waals surface area contributed by atoms with Crippen LogP contribution in [0.25, 0.3) is 0 Å². The second-order valence-electron chi connectivity index (χ2n) is 5.53. The summed E-state index contributed by atoms with van der Waals surface area (Å²) < 4.78 is 11.1. The molecule has 3 rings (SSSR count). The maximum atomic E-state index is 12.1. The third-order valence-electron chi connectivity index (χ3n) is 3.84. The zero-order valence-corrected chi connectivity index (χ0v) is 13.8. The zero-order chi connectivity index (χ0) is 16.2. The Balaban J connectivity index is 1.64. The van der Waals surface area contributed by atoms with E-state index in [0.29, 0.717) is 33.8 Å². The van der Waals surface area contributed by atoms with Crippen LogP contribution >= 0.6 is 11.6 Å². The number of hydrogen-bond donors (Lipinski definition) is 1. The molecule has 2 heterocycles. The van der Waals surface area contributed by atoms with E-state index in [1.807, 2.05) is 0 Å². The second-order valence-corrected chi connectivity index (χ2v) is 5.92. The molecule has 1 saturated heterocycles. The molecule has 0 bridgehead atoms. The molecule has 1 aromatic rings. The fourth-order valence-electron chi connectivity index (χ4n) is 2.48. The van der Waals surface area contributed by atoms with Gasteiger partial charge in [0.15, 0.2) is 4.87 Å². The molecule has 0 amide bonds. The Morgan fingerprint density at radius 1 is 1.48 bits per heavy atom. The van der Waals surface area contributed by atoms with E-state index in [4.69, 9.17) is 21.1 Å². The van der Waals surface area contributed by atoms with Gasteiger partial charge in [0.2, 0.25) is 0 Å². The quantitative estimate of drug-likeness (QED) is 0.850. The number of nitrogens with zero attached hydrogens (tertiary/aromatic N) is 3. The number of nitroso groups, excluding NO2 is 1. The van der Waals surface area contributed by atoms with Crippen LogP contribution < -0.4 is 10.2 Å². The summed E-state index contributed by atoms with van der Waals surface area (Å²) in [6.07, 6.45) is 0. The first kappa shape index (κ1) is 16.2. The van der Waals surface area contributed by atoms with Gasteiger partial charge in [0.05, 0.1) is 24.2 Å². The Kier molecular flexibility index (Phi) is 5.09. The van der Waals surface area contributed by atoms with E-state index in [9.17, 15) is 4.91 Å². The number of nitrogens with one attached hydrogen (secondary N) is 1. The van der Waals surface area contributed by atoms with Gasteiger partial charge in [-0.15, -0.1) is 5.43 Å². The lowest BCUT2D eigenvalue weighted by Gasteiger charge is -2.26. The van der Waals surface area contributed by atoms with Gasteiger partial charge in [-0.2, -0.15) is 0 Å². The van der Waals surface area contributed by atoms with Gasteiger partial charge in [-0.3, -0.25) is 4.90 Å². The number of fused-ring (bicyclic) bond motifs is 1. The summed E-state index contributed by atoms with van der Waals surface area (Å²) in [5.74, 6) is 0.639. The molecule has 0 aliphatic carbocycles. The second kappa shape index (κ2) is 7.25. The van der Waals surface area contributed by atoms with Crippen molar-refractivity contribution < 1.29 is 14.3 Å². The first-order valence-electron chi connectivity index (χ1n) is 7.68. The van der Waals surface area contributed by atoms with Crippen molar-refractivity contribution in [1.82, 2.24) is 10.3 Å². The van der Waals surface area contributed by atoms with Gasteiger partial charge >= 0.3 is 5.69 Å².